The maximum absolute atomic E-state index is 13.8. The highest BCUT2D eigenvalue weighted by atomic mass is 16.4. The van der Waals surface area contributed by atoms with Gasteiger partial charge in [0.1, 0.15) is 36.0 Å². The molecule has 0 spiro atoms. The Labute approximate surface area is 351 Å². The average molecular weight is 857 g/mol. The van der Waals surface area contributed by atoms with Crippen LogP contribution >= 0.6 is 0 Å². The minimum absolute atomic E-state index is 0.0802. The van der Waals surface area contributed by atoms with Gasteiger partial charge < -0.3 is 69.5 Å². The topological polar surface area (TPSA) is 380 Å². The van der Waals surface area contributed by atoms with Gasteiger partial charge in [-0.1, -0.05) is 62.7 Å². The van der Waals surface area contributed by atoms with Crippen LogP contribution in [-0.4, -0.2) is 130 Å². The van der Waals surface area contributed by atoms with Crippen LogP contribution in [0.4, 0.5) is 0 Å². The van der Waals surface area contributed by atoms with Crippen molar-refractivity contribution >= 4 is 53.3 Å². The lowest BCUT2D eigenvalue weighted by atomic mass is 9.97. The van der Waals surface area contributed by atoms with Gasteiger partial charge in [0.05, 0.1) is 25.6 Å². The van der Waals surface area contributed by atoms with E-state index in [1.165, 1.54) is 24.3 Å². The minimum atomic E-state index is -1.83. The molecule has 0 saturated carbocycles. The molecule has 6 amide bonds. The molecule has 7 atom stereocenters. The Morgan fingerprint density at radius 1 is 0.705 bits per heavy atom. The lowest BCUT2D eigenvalue weighted by Gasteiger charge is -2.27. The summed E-state index contributed by atoms with van der Waals surface area (Å²) in [7, 11) is 0. The van der Waals surface area contributed by atoms with E-state index in [0.29, 0.717) is 24.0 Å². The lowest BCUT2D eigenvalue weighted by molar-refractivity contribution is -0.143. The fraction of sp³-hybridized carbons (Fsp3) is 0.462. The monoisotopic (exact) mass is 856 g/mol. The summed E-state index contributed by atoms with van der Waals surface area (Å²) in [6.07, 6.45) is -0.475. The Kier molecular flexibility index (Phi) is 21.1. The number of amides is 6. The molecule has 22 heteroatoms. The molecule has 0 aromatic heterocycles. The molecule has 0 aliphatic rings. The van der Waals surface area contributed by atoms with E-state index >= 15 is 0 Å². The van der Waals surface area contributed by atoms with Crippen molar-refractivity contribution in [3.05, 3.63) is 65.7 Å². The van der Waals surface area contributed by atoms with Crippen molar-refractivity contribution in [2.24, 2.45) is 28.1 Å². The molecule has 22 nitrogen and oxygen atoms in total. The van der Waals surface area contributed by atoms with Crippen molar-refractivity contribution in [2.45, 2.75) is 88.6 Å². The van der Waals surface area contributed by atoms with Crippen LogP contribution in [0, 0.1) is 5.92 Å². The third kappa shape index (κ3) is 18.3. The van der Waals surface area contributed by atoms with Crippen LogP contribution in [0.2, 0.25) is 0 Å². The van der Waals surface area contributed by atoms with E-state index in [1.54, 1.807) is 44.2 Å². The zero-order valence-corrected chi connectivity index (χ0v) is 33.8. The Bertz CT molecular complexity index is 1840. The van der Waals surface area contributed by atoms with Gasteiger partial charge in [0, 0.05) is 19.4 Å². The summed E-state index contributed by atoms with van der Waals surface area (Å²) in [6.45, 7) is 2.10. The summed E-state index contributed by atoms with van der Waals surface area (Å²) in [5, 5.41) is 53.3. The molecule has 0 aliphatic heterocycles. The standard InChI is InChI=1S/C39H56N10O12/c1-3-21(2)32(49-30(52)19-44-33(55)25(40)10-7-15-43-39(41)42)37(59)48-29(20-50)36(58)45-26(16-22-8-5-4-6-9-22)34(56)46-27(18-31(53)54)35(57)47-28(38(60)61)17-23-11-13-24(51)14-12-23/h4-6,8-9,11-14,21,25-29,32,50-51H,3,7,10,15-20,40H2,1-2H3,(H,44,55)(H,45,58)(H,46,56)(H,47,57)(H,48,59)(H,49,52)(H,53,54)(H,60,61)(H4,41,42,43)/t21-,25-,26-,27-,28-,29-,32-/m0/s1. The van der Waals surface area contributed by atoms with Crippen molar-refractivity contribution in [1.29, 1.82) is 0 Å². The number of rotatable bonds is 26. The van der Waals surface area contributed by atoms with Gasteiger partial charge in [0.2, 0.25) is 35.4 Å². The summed E-state index contributed by atoms with van der Waals surface area (Å²) >= 11 is 0. The fourth-order valence-corrected chi connectivity index (χ4v) is 5.66. The molecule has 2 aromatic carbocycles. The molecule has 2 rings (SSSR count). The summed E-state index contributed by atoms with van der Waals surface area (Å²) < 4.78 is 0. The maximum atomic E-state index is 13.8. The van der Waals surface area contributed by atoms with E-state index in [-0.39, 0.29) is 37.5 Å². The molecule has 0 unspecified atom stereocenters. The first-order chi connectivity index (χ1) is 28.8. The van der Waals surface area contributed by atoms with Crippen molar-refractivity contribution in [1.82, 2.24) is 31.9 Å². The van der Waals surface area contributed by atoms with Crippen LogP contribution in [0.3, 0.4) is 0 Å². The van der Waals surface area contributed by atoms with Gasteiger partial charge in [-0.25, -0.2) is 4.79 Å². The Morgan fingerprint density at radius 2 is 1.25 bits per heavy atom. The Hall–Kier alpha value is -6.81. The van der Waals surface area contributed by atoms with Crippen LogP contribution in [0.15, 0.2) is 59.6 Å². The zero-order chi connectivity index (χ0) is 45.6. The van der Waals surface area contributed by atoms with Crippen LogP contribution in [0.25, 0.3) is 0 Å². The second-order valence-electron chi connectivity index (χ2n) is 14.1. The summed E-state index contributed by atoms with van der Waals surface area (Å²) in [4.78, 5) is 107. The molecule has 61 heavy (non-hydrogen) atoms. The number of benzene rings is 2. The summed E-state index contributed by atoms with van der Waals surface area (Å²) in [5.41, 5.74) is 17.3. The van der Waals surface area contributed by atoms with Crippen LogP contribution in [-0.2, 0) is 51.2 Å². The van der Waals surface area contributed by atoms with Gasteiger partial charge in [0.15, 0.2) is 5.96 Å². The minimum Gasteiger partial charge on any atom is -0.508 e. The molecule has 0 bridgehead atoms. The van der Waals surface area contributed by atoms with Gasteiger partial charge in [0.25, 0.3) is 0 Å². The fourth-order valence-electron chi connectivity index (χ4n) is 5.66. The number of aliphatic hydroxyl groups excluding tert-OH is 1. The van der Waals surface area contributed by atoms with Crippen LogP contribution in [0.5, 0.6) is 5.75 Å². The molecule has 334 valence electrons. The van der Waals surface area contributed by atoms with E-state index in [4.69, 9.17) is 17.2 Å². The number of nitrogens with zero attached hydrogens (tertiary/aromatic N) is 1. The third-order valence-corrected chi connectivity index (χ3v) is 9.27. The second kappa shape index (κ2) is 25.6. The zero-order valence-electron chi connectivity index (χ0n) is 33.8. The molecule has 0 saturated heterocycles. The highest BCUT2D eigenvalue weighted by molar-refractivity contribution is 5.97. The first-order valence-electron chi connectivity index (χ1n) is 19.3. The van der Waals surface area contributed by atoms with Crippen molar-refractivity contribution in [2.75, 3.05) is 19.7 Å². The normalized spacial score (nSPS) is 14.2. The van der Waals surface area contributed by atoms with Gasteiger partial charge in [-0.05, 0) is 42.0 Å². The molecular weight excluding hydrogens is 800 g/mol. The second-order valence-corrected chi connectivity index (χ2v) is 14.1. The third-order valence-electron chi connectivity index (χ3n) is 9.27. The number of hydrogen-bond acceptors (Lipinski definition) is 12. The Morgan fingerprint density at radius 3 is 1.82 bits per heavy atom. The van der Waals surface area contributed by atoms with Crippen molar-refractivity contribution in [3.8, 4) is 5.75 Å². The largest absolute Gasteiger partial charge is 0.508 e. The van der Waals surface area contributed by atoms with E-state index in [9.17, 15) is 58.8 Å². The van der Waals surface area contributed by atoms with Gasteiger partial charge in [-0.15, -0.1) is 0 Å². The van der Waals surface area contributed by atoms with Crippen molar-refractivity contribution in [3.63, 3.8) is 0 Å². The number of carboxylic acid groups (broad SMARTS) is 2. The number of guanidine groups is 1. The molecule has 0 fully saturated rings. The van der Waals surface area contributed by atoms with Gasteiger partial charge >= 0.3 is 11.9 Å². The number of aliphatic carboxylic acids is 2. The predicted octanol–water partition coefficient (Wildman–Crippen LogP) is -3.30. The first-order valence-corrected chi connectivity index (χ1v) is 19.3. The first kappa shape index (κ1) is 50.3. The molecule has 0 radical (unpaired) electrons. The van der Waals surface area contributed by atoms with Crippen molar-refractivity contribution < 1.29 is 58.8 Å². The highest BCUT2D eigenvalue weighted by Gasteiger charge is 2.34. The van der Waals surface area contributed by atoms with E-state index in [1.807, 2.05) is 0 Å². The van der Waals surface area contributed by atoms with Crippen LogP contribution in [0.1, 0.15) is 50.7 Å². The number of carbonyl (C=O) groups excluding carboxylic acids is 6. The lowest BCUT2D eigenvalue weighted by Crippen LogP contribution is -2.61. The van der Waals surface area contributed by atoms with E-state index < -0.39 is 109 Å². The molecule has 16 N–H and O–H groups in total. The van der Waals surface area contributed by atoms with E-state index in [0.717, 1.165) is 0 Å². The number of phenols is 1. The predicted molar refractivity (Wildman–Crippen MR) is 219 cm³/mol. The smallest absolute Gasteiger partial charge is 0.326 e. The number of hydrogen-bond donors (Lipinski definition) is 13. The Balaban J connectivity index is 2.21. The quantitative estimate of drug-likeness (QED) is 0.0250. The van der Waals surface area contributed by atoms with Gasteiger partial charge in [-0.2, -0.15) is 0 Å². The van der Waals surface area contributed by atoms with Crippen LogP contribution < -0.4 is 49.1 Å². The van der Waals surface area contributed by atoms with Gasteiger partial charge in [-0.3, -0.25) is 38.6 Å². The number of nitrogens with one attached hydrogen (secondary N) is 6. The SMILES string of the molecule is CC[C@H](C)[C@H](NC(=O)CNC(=O)[C@@H](N)CCCN=C(N)N)C(=O)N[C@@H](CO)C(=O)N[C@@H](Cc1ccccc1)C(=O)N[C@@H](CC(=O)O)C(=O)N[C@@H](Cc1ccc(O)cc1)C(=O)O. The summed E-state index contributed by atoms with van der Waals surface area (Å²) in [6, 6.07) is 4.82. The molecular formula is C39H56N10O12. The number of aliphatic imine (C=N–C) groups is 1. The average Bonchev–Trinajstić information content (AvgIpc) is 3.21. The number of phenolic OH excluding ortho intramolecular Hbond substituents is 1. The molecule has 2 aromatic rings. The highest BCUT2D eigenvalue weighted by Crippen LogP contribution is 2.13. The number of carbonyl (C=O) groups is 8. The van der Waals surface area contributed by atoms with E-state index in [2.05, 4.69) is 36.9 Å². The number of carboxylic acids is 2. The summed E-state index contributed by atoms with van der Waals surface area (Å²) in [5.74, 6) is -9.28. The number of aliphatic hydroxyl groups is 1. The number of nitrogens with two attached hydrogens (primary N) is 3. The molecule has 0 aliphatic carbocycles. The maximum Gasteiger partial charge on any atom is 0.326 e. The number of aromatic hydroxyl groups is 1. The molecule has 0 heterocycles.